The van der Waals surface area contributed by atoms with Crippen molar-refractivity contribution < 1.29 is 14.3 Å². The fourth-order valence-corrected chi connectivity index (χ4v) is 4.58. The van der Waals surface area contributed by atoms with Crippen molar-refractivity contribution in [1.82, 2.24) is 10.2 Å². The molecule has 0 aliphatic carbocycles. The molecule has 3 aliphatic heterocycles. The molecule has 6 heteroatoms. The quantitative estimate of drug-likeness (QED) is 0.743. The Bertz CT molecular complexity index is 395. The van der Waals surface area contributed by atoms with Crippen molar-refractivity contribution in [3.63, 3.8) is 0 Å². The number of likely N-dealkylation sites (tertiary alicyclic amines) is 1. The fourth-order valence-electron chi connectivity index (χ4n) is 3.20. The van der Waals surface area contributed by atoms with Crippen LogP contribution < -0.4 is 5.32 Å². The summed E-state index contributed by atoms with van der Waals surface area (Å²) in [6, 6.07) is -0.0348. The molecule has 0 bridgehead atoms. The van der Waals surface area contributed by atoms with Crippen molar-refractivity contribution in [2.24, 2.45) is 0 Å². The molecule has 3 unspecified atom stereocenters. The summed E-state index contributed by atoms with van der Waals surface area (Å²) in [5, 5.41) is 3.38. The molecule has 1 N–H and O–H groups in total. The zero-order valence-electron chi connectivity index (χ0n) is 11.2. The Kier molecular flexibility index (Phi) is 3.57. The number of likely N-dealkylation sites (N-methyl/N-ethyl adjacent to an activating group) is 1. The summed E-state index contributed by atoms with van der Waals surface area (Å²) in [4.78, 5) is 24.7. The zero-order valence-corrected chi connectivity index (χ0v) is 12.0. The number of imide groups is 1. The molecule has 0 saturated carbocycles. The van der Waals surface area contributed by atoms with Gasteiger partial charge in [0.25, 0.3) is 0 Å². The van der Waals surface area contributed by atoms with E-state index < -0.39 is 0 Å². The molecule has 0 aromatic rings. The van der Waals surface area contributed by atoms with E-state index in [-0.39, 0.29) is 23.5 Å². The maximum absolute atomic E-state index is 11.9. The summed E-state index contributed by atoms with van der Waals surface area (Å²) in [6.45, 7) is 0.753. The minimum atomic E-state index is -0.327. The van der Waals surface area contributed by atoms with Crippen molar-refractivity contribution in [1.29, 1.82) is 0 Å². The van der Waals surface area contributed by atoms with Crippen molar-refractivity contribution in [3.8, 4) is 0 Å². The van der Waals surface area contributed by atoms with Gasteiger partial charge in [0.1, 0.15) is 0 Å². The van der Waals surface area contributed by atoms with Gasteiger partial charge in [0.2, 0.25) is 11.8 Å². The maximum atomic E-state index is 11.9. The first-order chi connectivity index (χ1) is 9.10. The highest BCUT2D eigenvalue weighted by Gasteiger charge is 2.43. The van der Waals surface area contributed by atoms with E-state index in [0.29, 0.717) is 12.5 Å². The number of carbonyl (C=O) groups excluding carboxylic acids is 2. The van der Waals surface area contributed by atoms with Gasteiger partial charge >= 0.3 is 0 Å². The number of nitrogens with one attached hydrogen (secondary N) is 1. The first-order valence-electron chi connectivity index (χ1n) is 6.88. The van der Waals surface area contributed by atoms with Crippen LogP contribution in [-0.2, 0) is 14.3 Å². The van der Waals surface area contributed by atoms with E-state index >= 15 is 0 Å². The molecule has 5 nitrogen and oxygen atoms in total. The van der Waals surface area contributed by atoms with Gasteiger partial charge in [-0.05, 0) is 25.0 Å². The van der Waals surface area contributed by atoms with Gasteiger partial charge in [-0.25, -0.2) is 0 Å². The number of ether oxygens (including phenoxy) is 1. The Morgan fingerprint density at radius 2 is 2.32 bits per heavy atom. The summed E-state index contributed by atoms with van der Waals surface area (Å²) in [5.41, 5.74) is 0.0120. The second-order valence-electron chi connectivity index (χ2n) is 5.74. The minimum Gasteiger partial charge on any atom is -0.374 e. The van der Waals surface area contributed by atoms with Crippen LogP contribution in [0.25, 0.3) is 0 Å². The van der Waals surface area contributed by atoms with E-state index in [4.69, 9.17) is 4.74 Å². The zero-order chi connectivity index (χ0) is 13.5. The lowest BCUT2D eigenvalue weighted by atomic mass is 9.89. The summed E-state index contributed by atoms with van der Waals surface area (Å²) in [5.74, 6) is 2.05. The molecule has 2 amide bonds. The third-order valence-electron chi connectivity index (χ3n) is 4.38. The lowest BCUT2D eigenvalue weighted by Gasteiger charge is -2.38. The monoisotopic (exact) mass is 284 g/mol. The molecule has 3 saturated heterocycles. The van der Waals surface area contributed by atoms with Crippen LogP contribution >= 0.6 is 11.8 Å². The number of hydrogen-bond acceptors (Lipinski definition) is 5. The number of rotatable bonds is 2. The van der Waals surface area contributed by atoms with Gasteiger partial charge < -0.3 is 10.1 Å². The smallest absolute Gasteiger partial charge is 0.246 e. The van der Waals surface area contributed by atoms with Crippen molar-refractivity contribution in [2.45, 2.75) is 43.4 Å². The molecule has 0 aromatic heterocycles. The topological polar surface area (TPSA) is 58.6 Å². The van der Waals surface area contributed by atoms with Gasteiger partial charge in [0.05, 0.1) is 18.1 Å². The second kappa shape index (κ2) is 5.07. The van der Waals surface area contributed by atoms with Gasteiger partial charge in [0.15, 0.2) is 0 Å². The van der Waals surface area contributed by atoms with E-state index in [1.165, 1.54) is 4.90 Å². The van der Waals surface area contributed by atoms with Gasteiger partial charge in [-0.15, -0.1) is 0 Å². The average molecular weight is 284 g/mol. The predicted molar refractivity (Wildman–Crippen MR) is 73.0 cm³/mol. The van der Waals surface area contributed by atoms with E-state index in [9.17, 15) is 9.59 Å². The molecular weight excluding hydrogens is 264 g/mol. The Hall–Kier alpha value is -0.590. The third-order valence-corrected chi connectivity index (χ3v) is 5.60. The molecule has 3 aliphatic rings. The number of nitrogens with zero attached hydrogens (tertiary/aromatic N) is 1. The van der Waals surface area contributed by atoms with Gasteiger partial charge in [0, 0.05) is 25.4 Å². The molecule has 0 aromatic carbocycles. The summed E-state index contributed by atoms with van der Waals surface area (Å²) in [6.07, 6.45) is 3.29. The summed E-state index contributed by atoms with van der Waals surface area (Å²) in [7, 11) is 1.56. The molecular formula is C13H20N2O3S. The molecule has 3 heterocycles. The van der Waals surface area contributed by atoms with Gasteiger partial charge in [-0.2, -0.15) is 11.8 Å². The number of amides is 2. The Morgan fingerprint density at radius 3 is 2.95 bits per heavy atom. The average Bonchev–Trinajstić information content (AvgIpc) is 2.92. The standard InChI is InChI=1S/C13H20N2O3S/c1-15-11(16)6-10(12(15)17)14-9-2-4-18-13(7-9)3-5-19-8-13/h9-10,14H,2-8H2,1H3. The predicted octanol–water partition coefficient (Wildman–Crippen LogP) is 0.388. The summed E-state index contributed by atoms with van der Waals surface area (Å²) < 4.78 is 5.97. The number of thioether (sulfide) groups is 1. The van der Waals surface area contributed by atoms with Crippen LogP contribution in [0.2, 0.25) is 0 Å². The highest BCUT2D eigenvalue weighted by Crippen LogP contribution is 2.38. The lowest BCUT2D eigenvalue weighted by Crippen LogP contribution is -2.51. The van der Waals surface area contributed by atoms with E-state index in [0.717, 1.165) is 37.4 Å². The Morgan fingerprint density at radius 1 is 1.47 bits per heavy atom. The highest BCUT2D eigenvalue weighted by molar-refractivity contribution is 7.99. The lowest BCUT2D eigenvalue weighted by molar-refractivity contribution is -0.137. The van der Waals surface area contributed by atoms with Crippen LogP contribution in [0.15, 0.2) is 0 Å². The SMILES string of the molecule is CN1C(=O)CC(NC2CCOC3(CCSC3)C2)C1=O. The highest BCUT2D eigenvalue weighted by atomic mass is 32.2. The van der Waals surface area contributed by atoms with E-state index in [1.807, 2.05) is 11.8 Å². The first-order valence-corrected chi connectivity index (χ1v) is 8.03. The Labute approximate surface area is 117 Å². The van der Waals surface area contributed by atoms with Gasteiger partial charge in [-0.3, -0.25) is 14.5 Å². The molecule has 0 radical (unpaired) electrons. The van der Waals surface area contributed by atoms with Crippen LogP contribution in [0.4, 0.5) is 0 Å². The molecule has 1 spiro atoms. The molecule has 3 fully saturated rings. The third kappa shape index (κ3) is 2.53. The molecule has 106 valence electrons. The fraction of sp³-hybridized carbons (Fsp3) is 0.846. The molecule has 3 atom stereocenters. The van der Waals surface area contributed by atoms with Crippen LogP contribution in [-0.4, -0.2) is 59.6 Å². The first kappa shape index (κ1) is 13.4. The van der Waals surface area contributed by atoms with Crippen LogP contribution in [0.1, 0.15) is 25.7 Å². The number of hydrogen-bond donors (Lipinski definition) is 1. The normalized spacial score (nSPS) is 39.5. The van der Waals surface area contributed by atoms with E-state index in [1.54, 1.807) is 7.05 Å². The second-order valence-corrected chi connectivity index (χ2v) is 6.84. The van der Waals surface area contributed by atoms with Crippen LogP contribution in [0.5, 0.6) is 0 Å². The van der Waals surface area contributed by atoms with Crippen LogP contribution in [0.3, 0.4) is 0 Å². The largest absolute Gasteiger partial charge is 0.374 e. The maximum Gasteiger partial charge on any atom is 0.246 e. The van der Waals surface area contributed by atoms with Crippen LogP contribution in [0, 0.1) is 0 Å². The minimum absolute atomic E-state index is 0.0120. The number of carbonyl (C=O) groups is 2. The molecule has 19 heavy (non-hydrogen) atoms. The molecule has 3 rings (SSSR count). The Balaban J connectivity index is 1.61. The van der Waals surface area contributed by atoms with Gasteiger partial charge in [-0.1, -0.05) is 0 Å². The van der Waals surface area contributed by atoms with E-state index in [2.05, 4.69) is 5.32 Å². The summed E-state index contributed by atoms with van der Waals surface area (Å²) >= 11 is 1.94. The van der Waals surface area contributed by atoms with Crippen molar-refractivity contribution in [3.05, 3.63) is 0 Å². The van der Waals surface area contributed by atoms with Crippen molar-refractivity contribution >= 4 is 23.6 Å². The van der Waals surface area contributed by atoms with Crippen molar-refractivity contribution in [2.75, 3.05) is 25.2 Å².